The molecule has 1 aromatic carbocycles. The third kappa shape index (κ3) is 3.01. The Kier molecular flexibility index (Phi) is 4.00. The second-order valence-electron chi connectivity index (χ2n) is 4.51. The molecule has 1 unspecified atom stereocenters. The first-order valence-corrected chi connectivity index (χ1v) is 6.36. The minimum Gasteiger partial charge on any atom is -0.363 e. The summed E-state index contributed by atoms with van der Waals surface area (Å²) in [4.78, 5) is 8.04. The van der Waals surface area contributed by atoms with Gasteiger partial charge in [0.15, 0.2) is 0 Å². The SMILES string of the molecule is Cc1ccc(C(C)Nc2ncnc(Cl)c2C)cc1F. The average Bonchev–Trinajstić information content (AvgIpc) is 2.38. The summed E-state index contributed by atoms with van der Waals surface area (Å²) in [7, 11) is 0. The predicted molar refractivity (Wildman–Crippen MR) is 75.0 cm³/mol. The molecule has 100 valence electrons. The molecule has 1 N–H and O–H groups in total. The number of aromatic nitrogens is 2. The van der Waals surface area contributed by atoms with Gasteiger partial charge in [0.25, 0.3) is 0 Å². The molecule has 5 heteroatoms. The highest BCUT2D eigenvalue weighted by Crippen LogP contribution is 2.24. The van der Waals surface area contributed by atoms with Gasteiger partial charge in [-0.05, 0) is 38.0 Å². The van der Waals surface area contributed by atoms with E-state index in [-0.39, 0.29) is 11.9 Å². The van der Waals surface area contributed by atoms with Gasteiger partial charge in [-0.15, -0.1) is 0 Å². The second kappa shape index (κ2) is 5.53. The van der Waals surface area contributed by atoms with Gasteiger partial charge in [0.2, 0.25) is 0 Å². The summed E-state index contributed by atoms with van der Waals surface area (Å²) in [6, 6.07) is 5.13. The van der Waals surface area contributed by atoms with Crippen molar-refractivity contribution < 1.29 is 4.39 Å². The number of anilines is 1. The number of nitrogens with one attached hydrogen (secondary N) is 1. The Morgan fingerprint density at radius 3 is 2.68 bits per heavy atom. The largest absolute Gasteiger partial charge is 0.363 e. The Morgan fingerprint density at radius 1 is 1.26 bits per heavy atom. The number of benzene rings is 1. The van der Waals surface area contributed by atoms with Crippen LogP contribution in [-0.2, 0) is 0 Å². The molecule has 1 aromatic heterocycles. The molecule has 3 nitrogen and oxygen atoms in total. The maximum Gasteiger partial charge on any atom is 0.137 e. The van der Waals surface area contributed by atoms with E-state index in [1.807, 2.05) is 19.9 Å². The van der Waals surface area contributed by atoms with Gasteiger partial charge in [0.05, 0.1) is 6.04 Å². The van der Waals surface area contributed by atoms with Gasteiger partial charge in [-0.1, -0.05) is 23.7 Å². The minimum atomic E-state index is -0.205. The first kappa shape index (κ1) is 13.7. The zero-order chi connectivity index (χ0) is 14.0. The summed E-state index contributed by atoms with van der Waals surface area (Å²) in [6.07, 6.45) is 1.40. The number of halogens is 2. The van der Waals surface area contributed by atoms with Gasteiger partial charge in [-0.3, -0.25) is 0 Å². The molecule has 0 aliphatic heterocycles. The lowest BCUT2D eigenvalue weighted by Crippen LogP contribution is -2.10. The Hall–Kier alpha value is -1.68. The van der Waals surface area contributed by atoms with Crippen molar-refractivity contribution in [1.29, 1.82) is 0 Å². The van der Waals surface area contributed by atoms with Crippen LogP contribution < -0.4 is 5.32 Å². The van der Waals surface area contributed by atoms with Gasteiger partial charge in [0.1, 0.15) is 23.1 Å². The summed E-state index contributed by atoms with van der Waals surface area (Å²) in [6.45, 7) is 5.53. The Bertz CT molecular complexity index is 601. The van der Waals surface area contributed by atoms with Crippen molar-refractivity contribution in [3.05, 3.63) is 52.2 Å². The normalized spacial score (nSPS) is 12.3. The van der Waals surface area contributed by atoms with Crippen molar-refractivity contribution in [2.75, 3.05) is 5.32 Å². The number of nitrogens with zero attached hydrogens (tertiary/aromatic N) is 2. The van der Waals surface area contributed by atoms with Crippen molar-refractivity contribution in [2.24, 2.45) is 0 Å². The smallest absolute Gasteiger partial charge is 0.137 e. The fraction of sp³-hybridized carbons (Fsp3) is 0.286. The molecule has 0 spiro atoms. The summed E-state index contributed by atoms with van der Waals surface area (Å²) in [5.41, 5.74) is 2.28. The van der Waals surface area contributed by atoms with E-state index in [0.29, 0.717) is 16.5 Å². The first-order chi connectivity index (χ1) is 8.99. The van der Waals surface area contributed by atoms with Gasteiger partial charge >= 0.3 is 0 Å². The predicted octanol–water partition coefficient (Wildman–Crippen LogP) is 4.06. The maximum atomic E-state index is 13.5. The molecule has 0 fully saturated rings. The van der Waals surface area contributed by atoms with Crippen molar-refractivity contribution in [1.82, 2.24) is 9.97 Å². The van der Waals surface area contributed by atoms with Crippen LogP contribution in [0.2, 0.25) is 5.15 Å². The highest BCUT2D eigenvalue weighted by Gasteiger charge is 2.11. The summed E-state index contributed by atoms with van der Waals surface area (Å²) in [5.74, 6) is 0.456. The van der Waals surface area contributed by atoms with Crippen LogP contribution >= 0.6 is 11.6 Å². The third-order valence-electron chi connectivity index (χ3n) is 3.07. The van der Waals surface area contributed by atoms with Gasteiger partial charge in [-0.25, -0.2) is 14.4 Å². The van der Waals surface area contributed by atoms with Gasteiger partial charge < -0.3 is 5.32 Å². The molecule has 1 atom stereocenters. The summed E-state index contributed by atoms with van der Waals surface area (Å²) < 4.78 is 13.5. The lowest BCUT2D eigenvalue weighted by atomic mass is 10.1. The van der Waals surface area contributed by atoms with E-state index >= 15 is 0 Å². The van der Waals surface area contributed by atoms with Crippen molar-refractivity contribution >= 4 is 17.4 Å². The van der Waals surface area contributed by atoms with E-state index in [4.69, 9.17) is 11.6 Å². The van der Waals surface area contributed by atoms with E-state index in [9.17, 15) is 4.39 Å². The topological polar surface area (TPSA) is 37.8 Å². The fourth-order valence-electron chi connectivity index (χ4n) is 1.74. The molecule has 2 aromatic rings. The van der Waals surface area contributed by atoms with E-state index < -0.39 is 0 Å². The first-order valence-electron chi connectivity index (χ1n) is 5.98. The van der Waals surface area contributed by atoms with Crippen molar-refractivity contribution in [3.8, 4) is 0 Å². The lowest BCUT2D eigenvalue weighted by Gasteiger charge is -2.17. The molecule has 1 heterocycles. The molecule has 0 amide bonds. The summed E-state index contributed by atoms with van der Waals surface area (Å²) >= 11 is 5.94. The number of hydrogen-bond acceptors (Lipinski definition) is 3. The molecule has 19 heavy (non-hydrogen) atoms. The van der Waals surface area contributed by atoms with Crippen LogP contribution in [-0.4, -0.2) is 9.97 Å². The highest BCUT2D eigenvalue weighted by molar-refractivity contribution is 6.30. The lowest BCUT2D eigenvalue weighted by molar-refractivity contribution is 0.614. The van der Waals surface area contributed by atoms with Crippen LogP contribution in [0.25, 0.3) is 0 Å². The molecule has 0 radical (unpaired) electrons. The molecule has 0 aliphatic carbocycles. The molecular formula is C14H15ClFN3. The summed E-state index contributed by atoms with van der Waals surface area (Å²) in [5, 5.41) is 3.63. The fourth-order valence-corrected chi connectivity index (χ4v) is 1.87. The van der Waals surface area contributed by atoms with Crippen LogP contribution in [0.1, 0.15) is 29.7 Å². The Morgan fingerprint density at radius 2 is 2.00 bits per heavy atom. The molecule has 0 bridgehead atoms. The zero-order valence-corrected chi connectivity index (χ0v) is 11.8. The van der Waals surface area contributed by atoms with Crippen LogP contribution in [0, 0.1) is 19.7 Å². The van der Waals surface area contributed by atoms with E-state index in [1.54, 1.807) is 13.0 Å². The number of aryl methyl sites for hydroxylation is 1. The molecule has 2 rings (SSSR count). The van der Waals surface area contributed by atoms with Crippen LogP contribution in [0.15, 0.2) is 24.5 Å². The highest BCUT2D eigenvalue weighted by atomic mass is 35.5. The third-order valence-corrected chi connectivity index (χ3v) is 3.45. The van der Waals surface area contributed by atoms with E-state index in [1.165, 1.54) is 12.4 Å². The quantitative estimate of drug-likeness (QED) is 0.861. The van der Waals surface area contributed by atoms with Gasteiger partial charge in [-0.2, -0.15) is 0 Å². The maximum absolute atomic E-state index is 13.5. The minimum absolute atomic E-state index is 0.0697. The van der Waals surface area contributed by atoms with Crippen molar-refractivity contribution in [3.63, 3.8) is 0 Å². The van der Waals surface area contributed by atoms with Gasteiger partial charge in [0, 0.05) is 5.56 Å². The van der Waals surface area contributed by atoms with Crippen LogP contribution in [0.4, 0.5) is 10.2 Å². The number of hydrogen-bond donors (Lipinski definition) is 1. The molecular weight excluding hydrogens is 265 g/mol. The van der Waals surface area contributed by atoms with Crippen molar-refractivity contribution in [2.45, 2.75) is 26.8 Å². The van der Waals surface area contributed by atoms with Crippen LogP contribution in [0.5, 0.6) is 0 Å². The standard InChI is InChI=1S/C14H15ClFN3/c1-8-4-5-11(6-12(8)16)10(3)19-14-9(2)13(15)17-7-18-14/h4-7,10H,1-3H3,(H,17,18,19). The van der Waals surface area contributed by atoms with Crippen LogP contribution in [0.3, 0.4) is 0 Å². The Balaban J connectivity index is 2.23. The second-order valence-corrected chi connectivity index (χ2v) is 4.87. The molecule has 0 aliphatic rings. The molecule has 0 saturated carbocycles. The number of rotatable bonds is 3. The van der Waals surface area contributed by atoms with E-state index in [0.717, 1.165) is 11.1 Å². The Labute approximate surface area is 116 Å². The molecule has 0 saturated heterocycles. The monoisotopic (exact) mass is 279 g/mol. The zero-order valence-electron chi connectivity index (χ0n) is 11.0. The average molecular weight is 280 g/mol. The van der Waals surface area contributed by atoms with E-state index in [2.05, 4.69) is 15.3 Å².